The number of carbonyl (C=O) groups is 4. The van der Waals surface area contributed by atoms with Crippen molar-refractivity contribution in [2.45, 2.75) is 39.5 Å². The van der Waals surface area contributed by atoms with Crippen LogP contribution in [0.5, 0.6) is 0 Å². The number of aromatic nitrogens is 2. The smallest absolute Gasteiger partial charge is 0.317 e. The van der Waals surface area contributed by atoms with Crippen LogP contribution in [0.25, 0.3) is 0 Å². The largest absolute Gasteiger partial charge is 0.480 e. The van der Waals surface area contributed by atoms with Crippen molar-refractivity contribution < 1.29 is 39.6 Å². The summed E-state index contributed by atoms with van der Waals surface area (Å²) in [4.78, 5) is 59.5. The molecular formula is C31H36IN5O8. The van der Waals surface area contributed by atoms with E-state index in [1.807, 2.05) is 55.5 Å². The van der Waals surface area contributed by atoms with Crippen molar-refractivity contribution >= 4 is 46.5 Å². The van der Waals surface area contributed by atoms with Crippen molar-refractivity contribution in [3.8, 4) is 0 Å². The maximum Gasteiger partial charge on any atom is 0.317 e. The molecule has 0 aliphatic rings. The minimum atomic E-state index is -1.13. The van der Waals surface area contributed by atoms with Crippen molar-refractivity contribution in [1.29, 1.82) is 0 Å². The molecule has 45 heavy (non-hydrogen) atoms. The summed E-state index contributed by atoms with van der Waals surface area (Å²) in [7, 11) is 0. The van der Waals surface area contributed by atoms with E-state index in [0.29, 0.717) is 31.0 Å². The average molecular weight is 734 g/mol. The number of aliphatic carboxylic acids is 4. The first-order valence-electron chi connectivity index (χ1n) is 14.0. The van der Waals surface area contributed by atoms with Gasteiger partial charge >= 0.3 is 23.9 Å². The van der Waals surface area contributed by atoms with Crippen molar-refractivity contribution in [1.82, 2.24) is 24.7 Å². The quantitative estimate of drug-likeness (QED) is 0.132. The summed E-state index contributed by atoms with van der Waals surface area (Å²) < 4.78 is 0.870. The van der Waals surface area contributed by atoms with Gasteiger partial charge in [0.05, 0.1) is 49.0 Å². The van der Waals surface area contributed by atoms with Crippen LogP contribution in [0.1, 0.15) is 33.9 Å². The summed E-state index contributed by atoms with van der Waals surface area (Å²) in [6.07, 6.45) is 0.742. The van der Waals surface area contributed by atoms with E-state index in [9.17, 15) is 39.6 Å². The summed E-state index contributed by atoms with van der Waals surface area (Å²) in [6, 6.07) is 17.4. The number of aryl methyl sites for hydroxylation is 1. The maximum absolute atomic E-state index is 11.3. The predicted molar refractivity (Wildman–Crippen MR) is 171 cm³/mol. The number of rotatable bonds is 19. The number of hydrogen-bond acceptors (Lipinski definition) is 9. The molecule has 1 aromatic carbocycles. The average Bonchev–Trinajstić information content (AvgIpc) is 2.90. The van der Waals surface area contributed by atoms with E-state index in [0.717, 1.165) is 32.5 Å². The first-order chi connectivity index (χ1) is 21.3. The van der Waals surface area contributed by atoms with Crippen molar-refractivity contribution in [2.75, 3.05) is 32.7 Å². The molecule has 2 aromatic heterocycles. The minimum Gasteiger partial charge on any atom is -0.480 e. The van der Waals surface area contributed by atoms with Gasteiger partial charge in [0.15, 0.2) is 0 Å². The molecule has 0 fully saturated rings. The zero-order valence-electron chi connectivity index (χ0n) is 24.8. The summed E-state index contributed by atoms with van der Waals surface area (Å²) in [5.74, 6) is -4.52. The highest BCUT2D eigenvalue weighted by Crippen LogP contribution is 2.17. The van der Waals surface area contributed by atoms with E-state index in [2.05, 4.69) is 27.5 Å². The van der Waals surface area contributed by atoms with Gasteiger partial charge in [-0.1, -0.05) is 30.3 Å². The lowest BCUT2D eigenvalue weighted by Crippen LogP contribution is -2.34. The molecule has 0 aliphatic heterocycles. The van der Waals surface area contributed by atoms with E-state index < -0.39 is 50.1 Å². The SMILES string of the molecule is Cc1cc(CN(CC(=O)O)CC(=O)O)nc(CN(CCc2ccccc2)Cc2cc(I)cc(CN(CC(=O)O)CC(=O)O)n2)c1. The molecule has 0 aliphatic carbocycles. The van der Waals surface area contributed by atoms with Gasteiger partial charge in [-0.05, 0) is 71.3 Å². The van der Waals surface area contributed by atoms with E-state index in [4.69, 9.17) is 9.97 Å². The van der Waals surface area contributed by atoms with Gasteiger partial charge < -0.3 is 20.4 Å². The molecule has 0 saturated carbocycles. The lowest BCUT2D eigenvalue weighted by Gasteiger charge is -2.24. The molecule has 2 heterocycles. The molecule has 0 radical (unpaired) electrons. The fraction of sp³-hybridized carbons (Fsp3) is 0.355. The highest BCUT2D eigenvalue weighted by molar-refractivity contribution is 14.1. The van der Waals surface area contributed by atoms with Gasteiger partial charge in [-0.3, -0.25) is 43.8 Å². The van der Waals surface area contributed by atoms with Crippen LogP contribution >= 0.6 is 22.6 Å². The Morgan fingerprint density at radius 3 is 1.40 bits per heavy atom. The lowest BCUT2D eigenvalue weighted by molar-refractivity contribution is -0.144. The van der Waals surface area contributed by atoms with Crippen LogP contribution < -0.4 is 0 Å². The third kappa shape index (κ3) is 13.7. The van der Waals surface area contributed by atoms with Gasteiger partial charge in [0.1, 0.15) is 0 Å². The van der Waals surface area contributed by atoms with Crippen LogP contribution in [0.3, 0.4) is 0 Å². The number of pyridine rings is 2. The number of carboxylic acid groups (broad SMARTS) is 4. The fourth-order valence-electron chi connectivity index (χ4n) is 4.91. The Labute approximate surface area is 274 Å². The van der Waals surface area contributed by atoms with Gasteiger partial charge in [0, 0.05) is 36.3 Å². The first kappa shape index (κ1) is 35.5. The molecule has 3 rings (SSSR count). The molecular weight excluding hydrogens is 697 g/mol. The molecule has 0 spiro atoms. The molecule has 0 unspecified atom stereocenters. The lowest BCUT2D eigenvalue weighted by atomic mass is 10.1. The Hall–Kier alpha value is -3.99. The summed E-state index contributed by atoms with van der Waals surface area (Å²) in [6.45, 7) is 1.76. The number of benzene rings is 1. The van der Waals surface area contributed by atoms with E-state index in [1.165, 1.54) is 9.80 Å². The highest BCUT2D eigenvalue weighted by atomic mass is 127. The Kier molecular flexibility index (Phi) is 13.8. The summed E-state index contributed by atoms with van der Waals surface area (Å²) >= 11 is 2.16. The van der Waals surface area contributed by atoms with Gasteiger partial charge in [0.2, 0.25) is 0 Å². The van der Waals surface area contributed by atoms with Crippen LogP contribution in [-0.4, -0.2) is 102 Å². The molecule has 4 N–H and O–H groups in total. The van der Waals surface area contributed by atoms with Crippen molar-refractivity contribution in [3.05, 3.63) is 92.1 Å². The maximum atomic E-state index is 11.3. The zero-order chi connectivity index (χ0) is 32.9. The second-order valence-corrected chi connectivity index (χ2v) is 12.0. The summed E-state index contributed by atoms with van der Waals surface area (Å²) in [5.41, 5.74) is 4.60. The molecule has 3 aromatic rings. The Balaban J connectivity index is 1.86. The normalized spacial score (nSPS) is 11.3. The van der Waals surface area contributed by atoms with Crippen LogP contribution in [-0.2, 0) is 51.8 Å². The highest BCUT2D eigenvalue weighted by Gasteiger charge is 2.18. The number of nitrogens with zero attached hydrogens (tertiary/aromatic N) is 5. The molecule has 0 saturated heterocycles. The molecule has 14 heteroatoms. The van der Waals surface area contributed by atoms with Gasteiger partial charge in [-0.15, -0.1) is 0 Å². The van der Waals surface area contributed by atoms with E-state index in [1.54, 1.807) is 6.07 Å². The zero-order valence-corrected chi connectivity index (χ0v) is 27.0. The van der Waals surface area contributed by atoms with Crippen LogP contribution in [0.4, 0.5) is 0 Å². The number of halogens is 1. The van der Waals surface area contributed by atoms with Crippen LogP contribution in [0.15, 0.2) is 54.6 Å². The second-order valence-electron chi connectivity index (χ2n) is 10.7. The summed E-state index contributed by atoms with van der Waals surface area (Å²) in [5, 5.41) is 36.9. The van der Waals surface area contributed by atoms with E-state index >= 15 is 0 Å². The van der Waals surface area contributed by atoms with Crippen LogP contribution in [0.2, 0.25) is 0 Å². The topological polar surface area (TPSA) is 185 Å². The minimum absolute atomic E-state index is 0.0540. The first-order valence-corrected chi connectivity index (χ1v) is 15.1. The fourth-order valence-corrected chi connectivity index (χ4v) is 5.63. The monoisotopic (exact) mass is 733 g/mol. The van der Waals surface area contributed by atoms with E-state index in [-0.39, 0.29) is 13.1 Å². The number of hydrogen-bond donors (Lipinski definition) is 4. The molecule has 13 nitrogen and oxygen atoms in total. The Morgan fingerprint density at radius 2 is 1.00 bits per heavy atom. The molecule has 240 valence electrons. The molecule has 0 bridgehead atoms. The Morgan fingerprint density at radius 1 is 0.622 bits per heavy atom. The third-order valence-electron chi connectivity index (χ3n) is 6.51. The van der Waals surface area contributed by atoms with Crippen LogP contribution in [0, 0.1) is 10.5 Å². The molecule has 0 atom stereocenters. The third-order valence-corrected chi connectivity index (χ3v) is 7.13. The van der Waals surface area contributed by atoms with Gasteiger partial charge in [-0.25, -0.2) is 0 Å². The standard InChI is InChI=1S/C31H36IN5O8/c1-21-9-24(33-25(10-21)15-36(17-28(38)39)18-29(40)41)13-35(8-7-22-5-3-2-4-6-22)14-26-11-23(32)12-27(34-26)16-37(19-30(42)43)20-31(44)45/h2-6,9-12H,7-8,13-20H2,1H3,(H,38,39)(H,40,41)(H,42,43)(H,44,45). The van der Waals surface area contributed by atoms with Gasteiger partial charge in [-0.2, -0.15) is 0 Å². The second kappa shape index (κ2) is 17.5. The predicted octanol–water partition coefficient (Wildman–Crippen LogP) is 2.58. The van der Waals surface area contributed by atoms with Crippen molar-refractivity contribution in [2.24, 2.45) is 0 Å². The number of carboxylic acids is 4. The Bertz CT molecular complexity index is 1370. The van der Waals surface area contributed by atoms with Gasteiger partial charge in [0.25, 0.3) is 0 Å². The van der Waals surface area contributed by atoms with Crippen molar-refractivity contribution in [3.63, 3.8) is 0 Å². The molecule has 0 amide bonds.